The zero-order valence-electron chi connectivity index (χ0n) is 16.3. The lowest BCUT2D eigenvalue weighted by Crippen LogP contribution is -1.98. The van der Waals surface area contributed by atoms with Gasteiger partial charge in [0.25, 0.3) is 0 Å². The van der Waals surface area contributed by atoms with Crippen molar-refractivity contribution in [3.8, 4) is 33.5 Å². The third-order valence-corrected chi connectivity index (χ3v) is 5.43. The van der Waals surface area contributed by atoms with Crippen LogP contribution >= 0.6 is 11.3 Å². The number of ether oxygens (including phenoxy) is 2. The number of nitrogens with one attached hydrogen (secondary N) is 1. The number of aromatic amines is 1. The predicted octanol–water partition coefficient (Wildman–Crippen LogP) is 4.55. The fraction of sp³-hybridized carbons (Fsp3) is 0.182. The van der Waals surface area contributed by atoms with Gasteiger partial charge in [-0.1, -0.05) is 30.3 Å². The second kappa shape index (κ2) is 8.46. The molecular weight excluding hydrogens is 384 g/mol. The van der Waals surface area contributed by atoms with Gasteiger partial charge in [0.2, 0.25) is 0 Å². The summed E-state index contributed by atoms with van der Waals surface area (Å²) < 4.78 is 11.5. The second-order valence-corrected chi connectivity index (χ2v) is 7.40. The molecule has 0 aliphatic rings. The van der Waals surface area contributed by atoms with Gasteiger partial charge in [-0.2, -0.15) is 0 Å². The molecule has 3 N–H and O–H groups in total. The zero-order valence-corrected chi connectivity index (χ0v) is 17.1. The number of aryl methyl sites for hydroxylation is 1. The third-order valence-electron chi connectivity index (χ3n) is 4.45. The number of nitrogens with zero attached hydrogens (tertiary/aromatic N) is 2. The molecule has 0 atom stereocenters. The van der Waals surface area contributed by atoms with E-state index in [0.29, 0.717) is 30.5 Å². The van der Waals surface area contributed by atoms with Gasteiger partial charge in [0, 0.05) is 16.6 Å². The molecule has 2 heterocycles. The standard InChI is InChI=1S/C22H22N4O2S/c1-14-13-29-22(24-14)21-20(25-19(11-23)26-21)16-8-9-17(27-2)18(10-16)28-12-15-6-4-3-5-7-15/h3-10,13H,11-12,23H2,1-2H3,(H,25,26). The Morgan fingerprint density at radius 2 is 1.90 bits per heavy atom. The quantitative estimate of drug-likeness (QED) is 0.470. The van der Waals surface area contributed by atoms with E-state index in [1.807, 2.05) is 60.8 Å². The van der Waals surface area contributed by atoms with Crippen LogP contribution in [-0.4, -0.2) is 22.1 Å². The Hall–Kier alpha value is -3.16. The molecule has 0 amide bonds. The summed E-state index contributed by atoms with van der Waals surface area (Å²) in [5, 5.41) is 2.90. The van der Waals surface area contributed by atoms with Gasteiger partial charge < -0.3 is 20.2 Å². The highest BCUT2D eigenvalue weighted by molar-refractivity contribution is 7.13. The van der Waals surface area contributed by atoms with E-state index in [1.165, 1.54) is 0 Å². The fourth-order valence-electron chi connectivity index (χ4n) is 3.02. The summed E-state index contributed by atoms with van der Waals surface area (Å²) in [6, 6.07) is 15.8. The van der Waals surface area contributed by atoms with Crippen LogP contribution in [0.25, 0.3) is 22.0 Å². The summed E-state index contributed by atoms with van der Waals surface area (Å²) >= 11 is 1.58. The van der Waals surface area contributed by atoms with E-state index in [4.69, 9.17) is 15.2 Å². The zero-order chi connectivity index (χ0) is 20.2. The molecular formula is C22H22N4O2S. The average molecular weight is 407 g/mol. The molecule has 0 unspecified atom stereocenters. The molecule has 29 heavy (non-hydrogen) atoms. The Morgan fingerprint density at radius 3 is 2.59 bits per heavy atom. The number of rotatable bonds is 7. The van der Waals surface area contributed by atoms with Gasteiger partial charge in [-0.05, 0) is 30.7 Å². The van der Waals surface area contributed by atoms with Crippen LogP contribution < -0.4 is 15.2 Å². The van der Waals surface area contributed by atoms with E-state index in [1.54, 1.807) is 18.4 Å². The van der Waals surface area contributed by atoms with E-state index in [-0.39, 0.29) is 0 Å². The number of benzene rings is 2. The first-order valence-corrected chi connectivity index (χ1v) is 10.1. The maximum atomic E-state index is 6.06. The first kappa shape index (κ1) is 19.2. The topological polar surface area (TPSA) is 86.0 Å². The summed E-state index contributed by atoms with van der Waals surface area (Å²) in [5.41, 5.74) is 10.5. The van der Waals surface area contributed by atoms with Gasteiger partial charge in [-0.15, -0.1) is 11.3 Å². The van der Waals surface area contributed by atoms with Crippen molar-refractivity contribution in [3.05, 3.63) is 71.0 Å². The summed E-state index contributed by atoms with van der Waals surface area (Å²) in [5.74, 6) is 2.05. The van der Waals surface area contributed by atoms with Gasteiger partial charge in [-0.25, -0.2) is 9.97 Å². The van der Waals surface area contributed by atoms with Crippen LogP contribution in [0.2, 0.25) is 0 Å². The molecule has 0 radical (unpaired) electrons. The minimum absolute atomic E-state index is 0.324. The van der Waals surface area contributed by atoms with Crippen molar-refractivity contribution >= 4 is 11.3 Å². The molecule has 6 nitrogen and oxygen atoms in total. The van der Waals surface area contributed by atoms with Gasteiger partial charge in [0.1, 0.15) is 23.1 Å². The van der Waals surface area contributed by atoms with Crippen molar-refractivity contribution in [1.29, 1.82) is 0 Å². The average Bonchev–Trinajstić information content (AvgIpc) is 3.39. The van der Waals surface area contributed by atoms with E-state index in [0.717, 1.165) is 33.2 Å². The highest BCUT2D eigenvalue weighted by atomic mass is 32.1. The Bertz CT molecular complexity index is 1110. The molecule has 0 spiro atoms. The summed E-state index contributed by atoms with van der Waals surface area (Å²) in [7, 11) is 1.63. The second-order valence-electron chi connectivity index (χ2n) is 6.55. The van der Waals surface area contributed by atoms with Crippen molar-refractivity contribution in [2.45, 2.75) is 20.1 Å². The molecule has 2 aromatic carbocycles. The van der Waals surface area contributed by atoms with E-state index in [9.17, 15) is 0 Å². The van der Waals surface area contributed by atoms with Crippen LogP contribution in [0, 0.1) is 6.92 Å². The van der Waals surface area contributed by atoms with Gasteiger partial charge in [0.15, 0.2) is 11.5 Å². The van der Waals surface area contributed by atoms with E-state index < -0.39 is 0 Å². The highest BCUT2D eigenvalue weighted by Gasteiger charge is 2.18. The van der Waals surface area contributed by atoms with Gasteiger partial charge in [0.05, 0.1) is 19.3 Å². The number of aromatic nitrogens is 3. The van der Waals surface area contributed by atoms with Gasteiger partial charge >= 0.3 is 0 Å². The minimum atomic E-state index is 0.324. The molecule has 0 saturated heterocycles. The number of thiazole rings is 1. The van der Waals surface area contributed by atoms with Crippen molar-refractivity contribution in [1.82, 2.24) is 15.0 Å². The number of nitrogens with two attached hydrogens (primary N) is 1. The number of hydrogen-bond donors (Lipinski definition) is 2. The number of H-pyrrole nitrogens is 1. The van der Waals surface area contributed by atoms with Crippen LogP contribution in [0.15, 0.2) is 53.9 Å². The normalized spacial score (nSPS) is 10.9. The summed E-state index contributed by atoms with van der Waals surface area (Å²) in [6.07, 6.45) is 0. The molecule has 0 aliphatic heterocycles. The molecule has 0 fully saturated rings. The lowest BCUT2D eigenvalue weighted by molar-refractivity contribution is 0.284. The first-order chi connectivity index (χ1) is 14.2. The van der Waals surface area contributed by atoms with Gasteiger partial charge in [-0.3, -0.25) is 0 Å². The maximum absolute atomic E-state index is 6.06. The smallest absolute Gasteiger partial charge is 0.162 e. The number of methoxy groups -OCH3 is 1. The fourth-order valence-corrected chi connectivity index (χ4v) is 3.82. The molecule has 2 aromatic heterocycles. The summed E-state index contributed by atoms with van der Waals surface area (Å²) in [4.78, 5) is 12.6. The van der Waals surface area contributed by atoms with Crippen LogP contribution in [0.5, 0.6) is 11.5 Å². The third kappa shape index (κ3) is 4.16. The number of imidazole rings is 1. The Kier molecular flexibility index (Phi) is 5.59. The lowest BCUT2D eigenvalue weighted by atomic mass is 10.1. The molecule has 0 bridgehead atoms. The SMILES string of the molecule is COc1ccc(-c2nc(CN)[nH]c2-c2nc(C)cs2)cc1OCc1ccccc1. The monoisotopic (exact) mass is 406 g/mol. The Morgan fingerprint density at radius 1 is 1.07 bits per heavy atom. The molecule has 4 rings (SSSR count). The number of hydrogen-bond acceptors (Lipinski definition) is 6. The molecule has 148 valence electrons. The van der Waals surface area contributed by atoms with E-state index in [2.05, 4.69) is 15.0 Å². The lowest BCUT2D eigenvalue weighted by Gasteiger charge is -2.12. The Labute approximate surface area is 173 Å². The molecule has 7 heteroatoms. The Balaban J connectivity index is 1.71. The maximum Gasteiger partial charge on any atom is 0.162 e. The molecule has 4 aromatic rings. The minimum Gasteiger partial charge on any atom is -0.493 e. The summed E-state index contributed by atoms with van der Waals surface area (Å²) in [6.45, 7) is 2.75. The first-order valence-electron chi connectivity index (χ1n) is 9.24. The van der Waals surface area contributed by atoms with Crippen molar-refractivity contribution in [3.63, 3.8) is 0 Å². The van der Waals surface area contributed by atoms with Crippen molar-refractivity contribution < 1.29 is 9.47 Å². The van der Waals surface area contributed by atoms with E-state index >= 15 is 0 Å². The van der Waals surface area contributed by atoms with Crippen LogP contribution in [0.1, 0.15) is 17.1 Å². The highest BCUT2D eigenvalue weighted by Crippen LogP contribution is 2.37. The van der Waals surface area contributed by atoms with Crippen LogP contribution in [0.4, 0.5) is 0 Å². The molecule has 0 saturated carbocycles. The van der Waals surface area contributed by atoms with Crippen LogP contribution in [-0.2, 0) is 13.2 Å². The van der Waals surface area contributed by atoms with Crippen LogP contribution in [0.3, 0.4) is 0 Å². The van der Waals surface area contributed by atoms with Crippen molar-refractivity contribution in [2.24, 2.45) is 5.73 Å². The largest absolute Gasteiger partial charge is 0.493 e. The predicted molar refractivity (Wildman–Crippen MR) is 115 cm³/mol. The molecule has 0 aliphatic carbocycles. The van der Waals surface area contributed by atoms with Crippen molar-refractivity contribution in [2.75, 3.05) is 7.11 Å².